The summed E-state index contributed by atoms with van der Waals surface area (Å²) < 4.78 is 31.6. The van der Waals surface area contributed by atoms with E-state index in [0.717, 1.165) is 10.5 Å². The zero-order valence-electron chi connectivity index (χ0n) is 10.4. The predicted octanol–water partition coefficient (Wildman–Crippen LogP) is 1.99. The monoisotopic (exact) mass is 270 g/mol. The van der Waals surface area contributed by atoms with Gasteiger partial charge in [0.05, 0.1) is 6.54 Å². The van der Waals surface area contributed by atoms with Crippen molar-refractivity contribution in [3.8, 4) is 0 Å². The van der Waals surface area contributed by atoms with Crippen molar-refractivity contribution in [2.75, 3.05) is 13.1 Å². The highest BCUT2D eigenvalue weighted by Gasteiger charge is 2.41. The van der Waals surface area contributed by atoms with Crippen molar-refractivity contribution in [3.63, 3.8) is 0 Å². The lowest BCUT2D eigenvalue weighted by atomic mass is 10.0. The van der Waals surface area contributed by atoms with Gasteiger partial charge in [-0.15, -0.1) is 0 Å². The second-order valence-electron chi connectivity index (χ2n) is 4.74. The van der Waals surface area contributed by atoms with Crippen LogP contribution in [-0.2, 0) is 11.3 Å². The third kappa shape index (κ3) is 3.89. The number of amides is 1. The van der Waals surface area contributed by atoms with Gasteiger partial charge in [-0.2, -0.15) is 0 Å². The predicted molar refractivity (Wildman–Crippen MR) is 65.7 cm³/mol. The quantitative estimate of drug-likeness (QED) is 0.894. The molecule has 104 valence electrons. The summed E-state index contributed by atoms with van der Waals surface area (Å²) in [6.45, 7) is -0.464. The molecule has 1 aromatic rings. The van der Waals surface area contributed by atoms with Crippen molar-refractivity contribution in [3.05, 3.63) is 35.9 Å². The first-order valence-corrected chi connectivity index (χ1v) is 6.05. The van der Waals surface area contributed by atoms with Gasteiger partial charge in [-0.25, -0.2) is 13.6 Å². The molecule has 0 radical (unpaired) electrons. The number of ether oxygens (including phenoxy) is 1. The number of halogens is 2. The fourth-order valence-electron chi connectivity index (χ4n) is 2.09. The van der Waals surface area contributed by atoms with Gasteiger partial charge in [0.2, 0.25) is 0 Å². The number of hydrogen-bond acceptors (Lipinski definition) is 3. The molecule has 6 heteroatoms. The van der Waals surface area contributed by atoms with Crippen LogP contribution in [0.2, 0.25) is 0 Å². The Labute approximate surface area is 110 Å². The highest BCUT2D eigenvalue weighted by molar-refractivity contribution is 5.68. The molecule has 1 amide bonds. The Hall–Kier alpha value is -1.69. The molecule has 0 unspecified atom stereocenters. The maximum Gasteiger partial charge on any atom is 0.410 e. The Kier molecular flexibility index (Phi) is 3.99. The van der Waals surface area contributed by atoms with Gasteiger partial charge in [-0.3, -0.25) is 0 Å². The maximum atomic E-state index is 13.3. The van der Waals surface area contributed by atoms with Crippen LogP contribution >= 0.6 is 0 Å². The molecule has 2 N–H and O–H groups in total. The van der Waals surface area contributed by atoms with Gasteiger partial charge in [0, 0.05) is 19.0 Å². The van der Waals surface area contributed by atoms with E-state index in [0.29, 0.717) is 0 Å². The number of piperidine rings is 1. The molecule has 1 fully saturated rings. The molecular formula is C13H16F2N2O2. The zero-order chi connectivity index (χ0) is 13.9. The van der Waals surface area contributed by atoms with Crippen LogP contribution in [0.3, 0.4) is 0 Å². The molecule has 0 aliphatic carbocycles. The lowest BCUT2D eigenvalue weighted by molar-refractivity contribution is -0.0672. The molecule has 4 nitrogen and oxygen atoms in total. The van der Waals surface area contributed by atoms with Crippen LogP contribution < -0.4 is 5.73 Å². The van der Waals surface area contributed by atoms with Crippen LogP contribution in [0.4, 0.5) is 13.6 Å². The highest BCUT2D eigenvalue weighted by Crippen LogP contribution is 2.26. The molecule has 0 bridgehead atoms. The SMILES string of the molecule is N[C@H]1CN(C(=O)OCc2ccccc2)CC(F)(F)C1. The molecule has 19 heavy (non-hydrogen) atoms. The molecule has 0 spiro atoms. The lowest BCUT2D eigenvalue weighted by Gasteiger charge is -2.35. The van der Waals surface area contributed by atoms with Crippen LogP contribution in [0.25, 0.3) is 0 Å². The van der Waals surface area contributed by atoms with E-state index in [-0.39, 0.29) is 13.2 Å². The summed E-state index contributed by atoms with van der Waals surface area (Å²) >= 11 is 0. The van der Waals surface area contributed by atoms with Crippen LogP contribution in [0, 0.1) is 0 Å². The van der Waals surface area contributed by atoms with E-state index in [1.165, 1.54) is 0 Å². The molecule has 1 heterocycles. The van der Waals surface area contributed by atoms with Crippen LogP contribution in [-0.4, -0.2) is 36.0 Å². The van der Waals surface area contributed by atoms with Gasteiger partial charge < -0.3 is 15.4 Å². The largest absolute Gasteiger partial charge is 0.445 e. The normalized spacial score (nSPS) is 22.1. The Bertz CT molecular complexity index is 440. The fourth-order valence-corrected chi connectivity index (χ4v) is 2.09. The van der Waals surface area contributed by atoms with E-state index in [1.807, 2.05) is 18.2 Å². The highest BCUT2D eigenvalue weighted by atomic mass is 19.3. The van der Waals surface area contributed by atoms with Gasteiger partial charge >= 0.3 is 6.09 Å². The van der Waals surface area contributed by atoms with Gasteiger partial charge in [0.15, 0.2) is 0 Å². The second kappa shape index (κ2) is 5.52. The van der Waals surface area contributed by atoms with Crippen LogP contribution in [0.5, 0.6) is 0 Å². The van der Waals surface area contributed by atoms with Crippen molar-refractivity contribution in [1.29, 1.82) is 0 Å². The van der Waals surface area contributed by atoms with Crippen molar-refractivity contribution in [2.24, 2.45) is 5.73 Å². The molecule has 1 aromatic carbocycles. The first-order chi connectivity index (χ1) is 8.96. The van der Waals surface area contributed by atoms with Crippen molar-refractivity contribution in [2.45, 2.75) is 25.0 Å². The number of likely N-dealkylation sites (tertiary alicyclic amines) is 1. The zero-order valence-corrected chi connectivity index (χ0v) is 10.4. The van der Waals surface area contributed by atoms with Gasteiger partial charge in [0.1, 0.15) is 6.61 Å². The number of hydrogen-bond donors (Lipinski definition) is 1. The number of rotatable bonds is 2. The Morgan fingerprint density at radius 1 is 1.42 bits per heavy atom. The summed E-state index contributed by atoms with van der Waals surface area (Å²) in [5.41, 5.74) is 6.33. The number of benzene rings is 1. The Morgan fingerprint density at radius 2 is 2.11 bits per heavy atom. The van der Waals surface area contributed by atoms with E-state index in [9.17, 15) is 13.6 Å². The number of carbonyl (C=O) groups is 1. The van der Waals surface area contributed by atoms with E-state index in [2.05, 4.69) is 0 Å². The maximum absolute atomic E-state index is 13.3. The average Bonchev–Trinajstić information content (AvgIpc) is 2.34. The average molecular weight is 270 g/mol. The minimum absolute atomic E-state index is 0.0665. The van der Waals surface area contributed by atoms with Crippen molar-refractivity contribution in [1.82, 2.24) is 4.90 Å². The number of nitrogens with zero attached hydrogens (tertiary/aromatic N) is 1. The van der Waals surface area contributed by atoms with Crippen molar-refractivity contribution < 1.29 is 18.3 Å². The summed E-state index contributed by atoms with van der Waals surface area (Å²) in [5, 5.41) is 0. The molecular weight excluding hydrogens is 254 g/mol. The first kappa shape index (κ1) is 13.7. The van der Waals surface area contributed by atoms with E-state index in [4.69, 9.17) is 10.5 Å². The second-order valence-corrected chi connectivity index (χ2v) is 4.74. The Morgan fingerprint density at radius 3 is 2.74 bits per heavy atom. The minimum Gasteiger partial charge on any atom is -0.445 e. The smallest absolute Gasteiger partial charge is 0.410 e. The van der Waals surface area contributed by atoms with Gasteiger partial charge in [0.25, 0.3) is 5.92 Å². The van der Waals surface area contributed by atoms with Crippen LogP contribution in [0.15, 0.2) is 30.3 Å². The summed E-state index contributed by atoms with van der Waals surface area (Å²) in [6, 6.07) is 8.35. The summed E-state index contributed by atoms with van der Waals surface area (Å²) in [4.78, 5) is 12.7. The summed E-state index contributed by atoms with van der Waals surface area (Å²) in [5.74, 6) is -2.94. The van der Waals surface area contributed by atoms with E-state index in [1.54, 1.807) is 12.1 Å². The molecule has 1 aliphatic heterocycles. The number of alkyl halides is 2. The van der Waals surface area contributed by atoms with Crippen LogP contribution in [0.1, 0.15) is 12.0 Å². The standard InChI is InChI=1S/C13H16F2N2O2/c14-13(15)6-11(16)7-17(9-13)12(18)19-8-10-4-2-1-3-5-10/h1-5,11H,6-9,16H2/t11-/m1/s1. The minimum atomic E-state index is -2.94. The van der Waals surface area contributed by atoms with Gasteiger partial charge in [-0.1, -0.05) is 30.3 Å². The fraction of sp³-hybridized carbons (Fsp3) is 0.462. The number of nitrogens with two attached hydrogens (primary N) is 1. The molecule has 2 rings (SSSR count). The summed E-state index contributed by atoms with van der Waals surface area (Å²) in [7, 11) is 0. The van der Waals surface area contributed by atoms with E-state index >= 15 is 0 Å². The number of carbonyl (C=O) groups excluding carboxylic acids is 1. The lowest BCUT2D eigenvalue weighted by Crippen LogP contribution is -2.54. The summed E-state index contributed by atoms with van der Waals surface area (Å²) in [6.07, 6.45) is -1.14. The third-order valence-electron chi connectivity index (χ3n) is 2.90. The molecule has 1 atom stereocenters. The Balaban J connectivity index is 1.89. The van der Waals surface area contributed by atoms with E-state index < -0.39 is 31.0 Å². The third-order valence-corrected chi connectivity index (χ3v) is 2.90. The molecule has 1 saturated heterocycles. The topological polar surface area (TPSA) is 55.6 Å². The van der Waals surface area contributed by atoms with Gasteiger partial charge in [-0.05, 0) is 5.56 Å². The molecule has 0 saturated carbocycles. The van der Waals surface area contributed by atoms with Crippen molar-refractivity contribution >= 4 is 6.09 Å². The molecule has 0 aromatic heterocycles. The first-order valence-electron chi connectivity index (χ1n) is 6.05. The molecule has 1 aliphatic rings.